The van der Waals surface area contributed by atoms with Crippen molar-refractivity contribution in [2.24, 2.45) is 17.8 Å². The van der Waals surface area contributed by atoms with Crippen LogP contribution in [0.5, 0.6) is 0 Å². The Morgan fingerprint density at radius 1 is 0.961 bits per heavy atom. The summed E-state index contributed by atoms with van der Waals surface area (Å²) in [5.74, 6) is -1.03. The maximum absolute atomic E-state index is 13.1. The summed E-state index contributed by atoms with van der Waals surface area (Å²) in [5, 5.41) is 8.80. The molecule has 268 valence electrons. The Hall–Kier alpha value is -4.91. The monoisotopic (exact) mass is 712 g/mol. The predicted octanol–water partition coefficient (Wildman–Crippen LogP) is 5.22. The van der Waals surface area contributed by atoms with Crippen molar-refractivity contribution in [2.45, 2.75) is 77.8 Å². The Bertz CT molecular complexity index is 1800. The van der Waals surface area contributed by atoms with Gasteiger partial charge in [-0.25, -0.2) is 4.98 Å². The first-order chi connectivity index (χ1) is 24.5. The third kappa shape index (κ3) is 8.70. The van der Waals surface area contributed by atoms with Gasteiger partial charge in [0.15, 0.2) is 5.13 Å². The summed E-state index contributed by atoms with van der Waals surface area (Å²) >= 11 is 1.45. The van der Waals surface area contributed by atoms with E-state index in [1.165, 1.54) is 16.2 Å². The first-order valence-corrected chi connectivity index (χ1v) is 18.5. The number of carbonyl (C=O) groups is 6. The van der Waals surface area contributed by atoms with Gasteiger partial charge in [0, 0.05) is 67.8 Å². The topological polar surface area (TPSA) is 158 Å². The molecule has 51 heavy (non-hydrogen) atoms. The molecule has 12 nitrogen and oxygen atoms in total. The molecule has 6 rings (SSSR count). The molecule has 2 saturated heterocycles. The summed E-state index contributed by atoms with van der Waals surface area (Å²) < 4.78 is 0. The molecule has 4 heterocycles. The van der Waals surface area contributed by atoms with Crippen LogP contribution in [-0.2, 0) is 30.5 Å². The van der Waals surface area contributed by atoms with Crippen molar-refractivity contribution in [3.8, 4) is 10.4 Å². The molecular weight excluding hydrogens is 669 g/mol. The van der Waals surface area contributed by atoms with Gasteiger partial charge in [0.25, 0.3) is 5.91 Å². The highest BCUT2D eigenvalue weighted by molar-refractivity contribution is 7.19. The molecule has 2 aromatic carbocycles. The summed E-state index contributed by atoms with van der Waals surface area (Å²) in [6.45, 7) is 5.43. The van der Waals surface area contributed by atoms with Crippen LogP contribution in [0, 0.1) is 17.8 Å². The highest BCUT2D eigenvalue weighted by atomic mass is 32.1. The molecule has 0 saturated carbocycles. The quantitative estimate of drug-likeness (QED) is 0.217. The Labute approximate surface area is 301 Å². The summed E-state index contributed by atoms with van der Waals surface area (Å²) in [6.07, 6.45) is 5.61. The van der Waals surface area contributed by atoms with Crippen LogP contribution in [0.15, 0.2) is 54.7 Å². The maximum atomic E-state index is 13.1. The largest absolute Gasteiger partial charge is 0.343 e. The van der Waals surface area contributed by atoms with Crippen LogP contribution in [-0.4, -0.2) is 69.4 Å². The molecule has 3 aromatic rings. The van der Waals surface area contributed by atoms with Crippen LogP contribution >= 0.6 is 11.3 Å². The van der Waals surface area contributed by atoms with E-state index in [-0.39, 0.29) is 66.7 Å². The molecule has 3 unspecified atom stereocenters. The number of benzene rings is 2. The van der Waals surface area contributed by atoms with Gasteiger partial charge < -0.3 is 20.4 Å². The predicted molar refractivity (Wildman–Crippen MR) is 193 cm³/mol. The second kappa shape index (κ2) is 16.0. The number of amides is 6. The van der Waals surface area contributed by atoms with Crippen LogP contribution in [0.1, 0.15) is 81.1 Å². The van der Waals surface area contributed by atoms with E-state index in [1.807, 2.05) is 35.2 Å². The number of piperidine rings is 2. The second-order valence-electron chi connectivity index (χ2n) is 14.0. The lowest BCUT2D eigenvalue weighted by atomic mass is 9.90. The van der Waals surface area contributed by atoms with Crippen molar-refractivity contribution in [3.63, 3.8) is 0 Å². The fraction of sp³-hybridized carbons (Fsp3) is 0.447. The average molecular weight is 713 g/mol. The van der Waals surface area contributed by atoms with Crippen LogP contribution in [0.25, 0.3) is 10.4 Å². The van der Waals surface area contributed by atoms with Crippen molar-refractivity contribution in [1.29, 1.82) is 0 Å². The average Bonchev–Trinajstić information content (AvgIpc) is 3.72. The number of hydrogen-bond acceptors (Lipinski definition) is 8. The molecule has 0 radical (unpaired) electrons. The molecule has 0 bridgehead atoms. The number of nitrogens with one attached hydrogen (secondary N) is 3. The van der Waals surface area contributed by atoms with Crippen molar-refractivity contribution >= 4 is 57.6 Å². The number of thiazole rings is 1. The van der Waals surface area contributed by atoms with Crippen molar-refractivity contribution < 1.29 is 28.8 Å². The van der Waals surface area contributed by atoms with Gasteiger partial charge in [-0.05, 0) is 61.6 Å². The lowest BCUT2D eigenvalue weighted by molar-refractivity contribution is -0.137. The van der Waals surface area contributed by atoms with E-state index in [0.717, 1.165) is 16.9 Å². The van der Waals surface area contributed by atoms with Crippen LogP contribution < -0.4 is 16.0 Å². The van der Waals surface area contributed by atoms with E-state index in [9.17, 15) is 28.8 Å². The molecule has 13 heteroatoms. The minimum absolute atomic E-state index is 0.0540. The zero-order valence-corrected chi connectivity index (χ0v) is 29.8. The summed E-state index contributed by atoms with van der Waals surface area (Å²) in [5.41, 5.74) is 2.73. The summed E-state index contributed by atoms with van der Waals surface area (Å²) in [7, 11) is 0. The zero-order valence-electron chi connectivity index (χ0n) is 29.0. The minimum Gasteiger partial charge on any atom is -0.343 e. The van der Waals surface area contributed by atoms with Gasteiger partial charge in [0.1, 0.15) is 6.04 Å². The molecule has 0 spiro atoms. The van der Waals surface area contributed by atoms with Crippen LogP contribution in [0.4, 0.5) is 10.8 Å². The van der Waals surface area contributed by atoms with Gasteiger partial charge in [0.2, 0.25) is 29.5 Å². The fourth-order valence-electron chi connectivity index (χ4n) is 7.27. The Balaban J connectivity index is 0.900. The van der Waals surface area contributed by atoms with Gasteiger partial charge in [-0.3, -0.25) is 34.1 Å². The van der Waals surface area contributed by atoms with E-state index in [1.54, 1.807) is 24.4 Å². The molecule has 6 amide bonds. The molecule has 3 atom stereocenters. The van der Waals surface area contributed by atoms with Crippen LogP contribution in [0.2, 0.25) is 0 Å². The SMILES string of the molecule is CC(CCC(=O)Nc1cccc2c1CN(C1CCC(=O)NC1=O)C2=O)CC(C)CC(=O)N1CCC(C(=O)Nc2ncc(-c3ccccc3)s2)CC1. The lowest BCUT2D eigenvalue weighted by Gasteiger charge is -2.32. The van der Waals surface area contributed by atoms with E-state index in [4.69, 9.17) is 0 Å². The van der Waals surface area contributed by atoms with Crippen LogP contribution in [0.3, 0.4) is 0 Å². The Morgan fingerprint density at radius 3 is 2.47 bits per heavy atom. The first-order valence-electron chi connectivity index (χ1n) is 17.7. The normalized spacial score (nSPS) is 18.9. The number of imide groups is 1. The molecule has 3 aliphatic heterocycles. The van der Waals surface area contributed by atoms with Gasteiger partial charge in [-0.2, -0.15) is 0 Å². The van der Waals surface area contributed by atoms with E-state index < -0.39 is 11.9 Å². The molecule has 1 aromatic heterocycles. The molecule has 0 aliphatic carbocycles. The molecule has 3 aliphatic rings. The second-order valence-corrected chi connectivity index (χ2v) is 15.0. The number of nitrogens with zero attached hydrogens (tertiary/aromatic N) is 3. The molecule has 2 fully saturated rings. The first kappa shape index (κ1) is 35.9. The van der Waals surface area contributed by atoms with Crippen molar-refractivity contribution in [2.75, 3.05) is 23.7 Å². The lowest BCUT2D eigenvalue weighted by Crippen LogP contribution is -2.52. The highest BCUT2D eigenvalue weighted by Gasteiger charge is 2.40. The highest BCUT2D eigenvalue weighted by Crippen LogP contribution is 2.33. The number of carbonyl (C=O) groups excluding carboxylic acids is 6. The third-order valence-electron chi connectivity index (χ3n) is 10.1. The molecule has 3 N–H and O–H groups in total. The third-order valence-corrected chi connectivity index (χ3v) is 11.0. The van der Waals surface area contributed by atoms with Crippen molar-refractivity contribution in [3.05, 3.63) is 65.9 Å². The number of hydrogen-bond donors (Lipinski definition) is 3. The number of anilines is 2. The van der Waals surface area contributed by atoms with Gasteiger partial charge >= 0.3 is 0 Å². The standard InChI is InChI=1S/C38H44N6O6S/c1-23(11-13-32(45)40-29-10-6-9-27-28(29)22-44(37(27)50)30-12-14-33(46)41-36(30)49)19-24(2)20-34(47)43-17-15-26(16-18-43)35(48)42-38-39-21-31(51-38)25-7-4-3-5-8-25/h3-10,21,23-24,26,30H,11-20,22H2,1-2H3,(H,40,45)(H,39,42,48)(H,41,46,49). The van der Waals surface area contributed by atoms with Gasteiger partial charge in [-0.1, -0.05) is 61.6 Å². The number of rotatable bonds is 12. The van der Waals surface area contributed by atoms with Crippen molar-refractivity contribution in [1.82, 2.24) is 20.1 Å². The minimum atomic E-state index is -0.719. The smallest absolute Gasteiger partial charge is 0.255 e. The maximum Gasteiger partial charge on any atom is 0.255 e. The summed E-state index contributed by atoms with van der Waals surface area (Å²) in [4.78, 5) is 84.8. The zero-order chi connectivity index (χ0) is 36.1. The Morgan fingerprint density at radius 2 is 1.73 bits per heavy atom. The van der Waals surface area contributed by atoms with E-state index in [0.29, 0.717) is 67.1 Å². The molecular formula is C38H44N6O6S. The number of likely N-dealkylation sites (tertiary alicyclic amines) is 1. The van der Waals surface area contributed by atoms with E-state index >= 15 is 0 Å². The number of aromatic nitrogens is 1. The Kier molecular flexibility index (Phi) is 11.2. The van der Waals surface area contributed by atoms with Gasteiger partial charge in [0.05, 0.1) is 4.88 Å². The fourth-order valence-corrected chi connectivity index (χ4v) is 8.10. The van der Waals surface area contributed by atoms with Gasteiger partial charge in [-0.15, -0.1) is 0 Å². The number of fused-ring (bicyclic) bond motifs is 1. The van der Waals surface area contributed by atoms with E-state index in [2.05, 4.69) is 34.8 Å². The summed E-state index contributed by atoms with van der Waals surface area (Å²) in [6, 6.07) is 14.4.